The average Bonchev–Trinajstić information content (AvgIpc) is 2.24. The van der Waals surface area contributed by atoms with Gasteiger partial charge in [-0.25, -0.2) is 4.39 Å². The van der Waals surface area contributed by atoms with Gasteiger partial charge in [0.05, 0.1) is 11.2 Å². The molecule has 0 bridgehead atoms. The first-order valence-corrected chi connectivity index (χ1v) is 4.97. The number of allylic oxidation sites excluding steroid dienone is 2. The Balaban J connectivity index is 3.26. The van der Waals surface area contributed by atoms with Gasteiger partial charge in [-0.1, -0.05) is 29.3 Å². The van der Waals surface area contributed by atoms with Crippen molar-refractivity contribution in [2.24, 2.45) is 10.2 Å². The maximum absolute atomic E-state index is 13.9. The Bertz CT molecular complexity index is 393. The highest BCUT2D eigenvalue weighted by Gasteiger charge is 2.72. The number of hydrogen-bond donors (Lipinski definition) is 0. The molecule has 1 unspecified atom stereocenters. The van der Waals surface area contributed by atoms with Gasteiger partial charge >= 0.3 is 11.8 Å². The van der Waals surface area contributed by atoms with Gasteiger partial charge in [-0.15, -0.1) is 5.10 Å². The number of nitrogens with zero attached hydrogens (tertiary/aromatic N) is 2. The van der Waals surface area contributed by atoms with Gasteiger partial charge in [0.25, 0.3) is 5.67 Å². The summed E-state index contributed by atoms with van der Waals surface area (Å²) >= 11 is 10.1. The normalized spacial score (nSPS) is 32.1. The van der Waals surface area contributed by atoms with Crippen LogP contribution in [0.4, 0.5) is 22.0 Å². The Morgan fingerprint density at radius 3 is 2.29 bits per heavy atom. The molecule has 0 aromatic rings. The zero-order chi connectivity index (χ0) is 13.3. The lowest BCUT2D eigenvalue weighted by Crippen LogP contribution is -2.59. The first kappa shape index (κ1) is 14.4. The summed E-state index contributed by atoms with van der Waals surface area (Å²) in [5, 5.41) is 4.59. The molecule has 0 saturated carbocycles. The van der Waals surface area contributed by atoms with Crippen LogP contribution in [0.1, 0.15) is 6.42 Å². The summed E-state index contributed by atoms with van der Waals surface area (Å²) < 4.78 is 66.3. The molecule has 0 amide bonds. The van der Waals surface area contributed by atoms with E-state index < -0.39 is 29.0 Å². The third-order valence-electron chi connectivity index (χ3n) is 2.15. The SMILES string of the molecule is FC1(F)CC=C(Cl)C(F)(C=NN=CCl)C1(F)F. The monoisotopic (exact) mass is 294 g/mol. The van der Waals surface area contributed by atoms with Crippen LogP contribution in [0.2, 0.25) is 0 Å². The van der Waals surface area contributed by atoms with Crippen LogP contribution in [0.5, 0.6) is 0 Å². The third-order valence-corrected chi connectivity index (χ3v) is 2.66. The van der Waals surface area contributed by atoms with Crippen molar-refractivity contribution < 1.29 is 22.0 Å². The molecular weight excluding hydrogens is 290 g/mol. The second-order valence-electron chi connectivity index (χ2n) is 3.20. The van der Waals surface area contributed by atoms with Gasteiger partial charge in [-0.05, 0) is 0 Å². The number of alkyl halides is 5. The van der Waals surface area contributed by atoms with E-state index in [2.05, 4.69) is 10.2 Å². The summed E-state index contributed by atoms with van der Waals surface area (Å²) in [5.74, 6) is -9.58. The fraction of sp³-hybridized carbons (Fsp3) is 0.500. The van der Waals surface area contributed by atoms with E-state index in [0.29, 0.717) is 11.7 Å². The zero-order valence-corrected chi connectivity index (χ0v) is 9.49. The topological polar surface area (TPSA) is 24.7 Å². The first-order chi connectivity index (χ1) is 7.69. The molecule has 0 N–H and O–H groups in total. The Morgan fingerprint density at radius 2 is 1.76 bits per heavy atom. The predicted octanol–water partition coefficient (Wildman–Crippen LogP) is 3.74. The van der Waals surface area contributed by atoms with E-state index in [-0.39, 0.29) is 6.21 Å². The van der Waals surface area contributed by atoms with Crippen LogP contribution in [-0.4, -0.2) is 29.4 Å². The van der Waals surface area contributed by atoms with E-state index in [1.165, 1.54) is 0 Å². The molecule has 1 aliphatic rings. The molecule has 2 nitrogen and oxygen atoms in total. The largest absolute Gasteiger partial charge is 0.353 e. The van der Waals surface area contributed by atoms with Crippen LogP contribution in [0.25, 0.3) is 0 Å². The fourth-order valence-electron chi connectivity index (χ4n) is 1.19. The summed E-state index contributed by atoms with van der Waals surface area (Å²) in [6.07, 6.45) is -0.968. The minimum absolute atomic E-state index is 0.0994. The van der Waals surface area contributed by atoms with Gasteiger partial charge in [0.1, 0.15) is 5.67 Å². The molecule has 96 valence electrons. The molecule has 0 heterocycles. The Morgan fingerprint density at radius 1 is 1.18 bits per heavy atom. The van der Waals surface area contributed by atoms with Gasteiger partial charge in [0.2, 0.25) is 0 Å². The standard InChI is InChI=1S/C8H5Cl2F5N2/c9-4-17-16-3-6(11)5(10)1-2-7(12,13)8(6,14)15/h1,3-4H,2H2. The molecule has 0 aliphatic heterocycles. The smallest absolute Gasteiger partial charge is 0.224 e. The molecule has 0 fully saturated rings. The van der Waals surface area contributed by atoms with Crippen molar-refractivity contribution in [1.82, 2.24) is 0 Å². The average molecular weight is 295 g/mol. The lowest BCUT2D eigenvalue weighted by atomic mass is 9.86. The molecule has 1 aliphatic carbocycles. The summed E-state index contributed by atoms with van der Waals surface area (Å²) in [6, 6.07) is 0. The highest BCUT2D eigenvalue weighted by molar-refractivity contribution is 6.56. The summed E-state index contributed by atoms with van der Waals surface area (Å²) in [5.41, 5.74) is -3.35. The van der Waals surface area contributed by atoms with E-state index >= 15 is 0 Å². The minimum atomic E-state index is -5.02. The van der Waals surface area contributed by atoms with Crippen LogP contribution in [0, 0.1) is 0 Å². The lowest BCUT2D eigenvalue weighted by Gasteiger charge is -2.38. The molecule has 1 rings (SSSR count). The van der Waals surface area contributed by atoms with Gasteiger partial charge in [0.15, 0.2) is 0 Å². The predicted molar refractivity (Wildman–Crippen MR) is 55.1 cm³/mol. The molecule has 0 spiro atoms. The molecular formula is C8H5Cl2F5N2. The van der Waals surface area contributed by atoms with Crippen molar-refractivity contribution >= 4 is 35.1 Å². The van der Waals surface area contributed by atoms with Crippen LogP contribution < -0.4 is 0 Å². The minimum Gasteiger partial charge on any atom is -0.224 e. The van der Waals surface area contributed by atoms with Crippen molar-refractivity contribution in [3.05, 3.63) is 11.1 Å². The van der Waals surface area contributed by atoms with Crippen LogP contribution in [0.3, 0.4) is 0 Å². The van der Waals surface area contributed by atoms with Gasteiger partial charge in [0, 0.05) is 6.42 Å². The van der Waals surface area contributed by atoms with Crippen LogP contribution in [-0.2, 0) is 0 Å². The van der Waals surface area contributed by atoms with Crippen LogP contribution >= 0.6 is 23.2 Å². The van der Waals surface area contributed by atoms with Gasteiger partial charge < -0.3 is 0 Å². The molecule has 0 saturated heterocycles. The van der Waals surface area contributed by atoms with Crippen molar-refractivity contribution in [1.29, 1.82) is 0 Å². The molecule has 0 radical (unpaired) electrons. The van der Waals surface area contributed by atoms with Gasteiger partial charge in [-0.3, -0.25) is 0 Å². The van der Waals surface area contributed by atoms with E-state index in [1.807, 2.05) is 0 Å². The van der Waals surface area contributed by atoms with Crippen molar-refractivity contribution in [2.45, 2.75) is 23.9 Å². The maximum atomic E-state index is 13.9. The zero-order valence-electron chi connectivity index (χ0n) is 7.98. The molecule has 0 aromatic carbocycles. The third kappa shape index (κ3) is 2.18. The highest BCUT2D eigenvalue weighted by atomic mass is 35.5. The van der Waals surface area contributed by atoms with Crippen molar-refractivity contribution in [3.8, 4) is 0 Å². The summed E-state index contributed by atoms with van der Waals surface area (Å²) in [6.45, 7) is 0. The molecule has 17 heavy (non-hydrogen) atoms. The first-order valence-electron chi connectivity index (χ1n) is 4.16. The van der Waals surface area contributed by atoms with Crippen molar-refractivity contribution in [2.75, 3.05) is 0 Å². The number of hydrogen-bond acceptors (Lipinski definition) is 2. The Hall–Kier alpha value is -0.690. The van der Waals surface area contributed by atoms with E-state index in [4.69, 9.17) is 23.2 Å². The van der Waals surface area contributed by atoms with Crippen molar-refractivity contribution in [3.63, 3.8) is 0 Å². The fourth-order valence-corrected chi connectivity index (χ4v) is 1.49. The van der Waals surface area contributed by atoms with E-state index in [9.17, 15) is 22.0 Å². The second kappa shape index (κ2) is 4.53. The summed E-state index contributed by atoms with van der Waals surface area (Å²) in [4.78, 5) is 0. The Labute approximate surface area is 103 Å². The number of halogens is 7. The van der Waals surface area contributed by atoms with Crippen LogP contribution in [0.15, 0.2) is 21.3 Å². The van der Waals surface area contributed by atoms with E-state index in [0.717, 1.165) is 0 Å². The Kier molecular flexibility index (Phi) is 3.83. The van der Waals surface area contributed by atoms with Gasteiger partial charge in [-0.2, -0.15) is 22.7 Å². The summed E-state index contributed by atoms with van der Waals surface area (Å²) in [7, 11) is 0. The quantitative estimate of drug-likeness (QED) is 0.421. The molecule has 9 heteroatoms. The lowest BCUT2D eigenvalue weighted by molar-refractivity contribution is -0.246. The maximum Gasteiger partial charge on any atom is 0.353 e. The molecule has 0 aromatic heterocycles. The highest BCUT2D eigenvalue weighted by Crippen LogP contribution is 2.53. The van der Waals surface area contributed by atoms with E-state index in [1.54, 1.807) is 0 Å². The second-order valence-corrected chi connectivity index (χ2v) is 3.81. The molecule has 1 atom stereocenters. The number of rotatable bonds is 2.